The van der Waals surface area contributed by atoms with Crippen LogP contribution in [0.25, 0.3) is 10.9 Å². The van der Waals surface area contributed by atoms with Gasteiger partial charge in [0.25, 0.3) is 0 Å². The smallest absolute Gasteiger partial charge is 0.313 e. The number of aryl methyl sites for hydroxylation is 1. The zero-order chi connectivity index (χ0) is 11.1. The number of rotatable bonds is 1. The van der Waals surface area contributed by atoms with Gasteiger partial charge in [-0.1, -0.05) is 18.2 Å². The van der Waals surface area contributed by atoms with Crippen molar-refractivity contribution in [3.05, 3.63) is 35.5 Å². The lowest BCUT2D eigenvalue weighted by atomic mass is 10.0. The third-order valence-corrected chi connectivity index (χ3v) is 3.35. The summed E-state index contributed by atoms with van der Waals surface area (Å²) in [4.78, 5) is 15.1. The Kier molecular flexibility index (Phi) is 1.99. The molecule has 0 amide bonds. The van der Waals surface area contributed by atoms with Crippen molar-refractivity contribution in [1.29, 1.82) is 0 Å². The molecular formula is C13H13NO2. The van der Waals surface area contributed by atoms with Gasteiger partial charge in [0.05, 0.1) is 13.0 Å². The molecule has 0 saturated heterocycles. The van der Waals surface area contributed by atoms with Crippen molar-refractivity contribution >= 4 is 16.9 Å². The van der Waals surface area contributed by atoms with E-state index in [-0.39, 0.29) is 11.9 Å². The van der Waals surface area contributed by atoms with Crippen molar-refractivity contribution in [3.63, 3.8) is 0 Å². The van der Waals surface area contributed by atoms with Gasteiger partial charge in [0.15, 0.2) is 0 Å². The summed E-state index contributed by atoms with van der Waals surface area (Å²) in [5.41, 5.74) is 3.44. The Morgan fingerprint density at radius 2 is 2.25 bits per heavy atom. The lowest BCUT2D eigenvalue weighted by Crippen LogP contribution is -2.11. The molecule has 3 nitrogen and oxygen atoms in total. The fourth-order valence-electron chi connectivity index (χ4n) is 2.63. The molecule has 16 heavy (non-hydrogen) atoms. The SMILES string of the molecule is COC(=O)[C@@H]1CCc2[nH]c3ccccc3c21. The number of aromatic amines is 1. The topological polar surface area (TPSA) is 42.1 Å². The Morgan fingerprint density at radius 1 is 1.44 bits per heavy atom. The van der Waals surface area contributed by atoms with Gasteiger partial charge in [0.2, 0.25) is 0 Å². The Morgan fingerprint density at radius 3 is 3.06 bits per heavy atom. The fraction of sp³-hybridized carbons (Fsp3) is 0.308. The minimum absolute atomic E-state index is 0.0869. The van der Waals surface area contributed by atoms with Crippen LogP contribution in [-0.4, -0.2) is 18.1 Å². The highest BCUT2D eigenvalue weighted by atomic mass is 16.5. The first-order valence-corrected chi connectivity index (χ1v) is 5.48. The van der Waals surface area contributed by atoms with E-state index in [2.05, 4.69) is 11.1 Å². The summed E-state index contributed by atoms with van der Waals surface area (Å²) in [6, 6.07) is 8.11. The normalized spacial score (nSPS) is 18.7. The summed E-state index contributed by atoms with van der Waals surface area (Å²) in [6.45, 7) is 0. The summed E-state index contributed by atoms with van der Waals surface area (Å²) in [7, 11) is 1.45. The largest absolute Gasteiger partial charge is 0.469 e. The van der Waals surface area contributed by atoms with Crippen LogP contribution in [0.4, 0.5) is 0 Å². The van der Waals surface area contributed by atoms with E-state index >= 15 is 0 Å². The van der Waals surface area contributed by atoms with Crippen LogP contribution >= 0.6 is 0 Å². The summed E-state index contributed by atoms with van der Waals surface area (Å²) in [5.74, 6) is -0.209. The molecule has 1 aromatic heterocycles. The van der Waals surface area contributed by atoms with E-state index in [0.717, 1.165) is 29.3 Å². The van der Waals surface area contributed by atoms with Crippen LogP contribution in [0.3, 0.4) is 0 Å². The Balaban J connectivity index is 2.19. The molecule has 1 N–H and O–H groups in total. The molecule has 1 aromatic carbocycles. The van der Waals surface area contributed by atoms with Gasteiger partial charge in [0.1, 0.15) is 0 Å². The molecule has 0 radical (unpaired) electrons. The molecule has 0 saturated carbocycles. The molecule has 0 aliphatic heterocycles. The molecule has 0 fully saturated rings. The maximum absolute atomic E-state index is 11.7. The molecule has 1 aliphatic carbocycles. The lowest BCUT2D eigenvalue weighted by molar-refractivity contribution is -0.142. The lowest BCUT2D eigenvalue weighted by Gasteiger charge is -2.07. The van der Waals surface area contributed by atoms with Crippen molar-refractivity contribution in [3.8, 4) is 0 Å². The second-order valence-electron chi connectivity index (χ2n) is 4.18. The van der Waals surface area contributed by atoms with Gasteiger partial charge in [-0.05, 0) is 24.5 Å². The van der Waals surface area contributed by atoms with Crippen LogP contribution in [0.15, 0.2) is 24.3 Å². The van der Waals surface area contributed by atoms with E-state index in [1.807, 2.05) is 18.2 Å². The predicted octanol–water partition coefficient (Wildman–Crippen LogP) is 2.37. The quantitative estimate of drug-likeness (QED) is 0.742. The van der Waals surface area contributed by atoms with Gasteiger partial charge >= 0.3 is 5.97 Å². The number of carbonyl (C=O) groups excluding carboxylic acids is 1. The molecule has 2 aromatic rings. The van der Waals surface area contributed by atoms with Crippen LogP contribution in [0.2, 0.25) is 0 Å². The number of hydrogen-bond acceptors (Lipinski definition) is 2. The molecule has 1 aliphatic rings. The van der Waals surface area contributed by atoms with Gasteiger partial charge in [-0.15, -0.1) is 0 Å². The monoisotopic (exact) mass is 215 g/mol. The minimum Gasteiger partial charge on any atom is -0.469 e. The maximum atomic E-state index is 11.7. The predicted molar refractivity (Wildman–Crippen MR) is 61.4 cm³/mol. The highest BCUT2D eigenvalue weighted by Crippen LogP contribution is 2.38. The van der Waals surface area contributed by atoms with Crippen LogP contribution in [0, 0.1) is 0 Å². The van der Waals surface area contributed by atoms with Crippen LogP contribution in [0.5, 0.6) is 0 Å². The first-order chi connectivity index (χ1) is 7.81. The van der Waals surface area contributed by atoms with Crippen molar-refractivity contribution < 1.29 is 9.53 Å². The Bertz CT molecular complexity index is 556. The van der Waals surface area contributed by atoms with Gasteiger partial charge in [-0.3, -0.25) is 4.79 Å². The Hall–Kier alpha value is -1.77. The van der Waals surface area contributed by atoms with Gasteiger partial charge in [-0.25, -0.2) is 0 Å². The van der Waals surface area contributed by atoms with E-state index in [1.165, 1.54) is 12.8 Å². The average Bonchev–Trinajstić information content (AvgIpc) is 2.86. The number of esters is 1. The molecule has 82 valence electrons. The fourth-order valence-corrected chi connectivity index (χ4v) is 2.63. The molecule has 1 atom stereocenters. The van der Waals surface area contributed by atoms with Crippen LogP contribution in [0.1, 0.15) is 23.6 Å². The molecular weight excluding hydrogens is 202 g/mol. The van der Waals surface area contributed by atoms with Crippen LogP contribution in [-0.2, 0) is 16.0 Å². The van der Waals surface area contributed by atoms with E-state index in [1.54, 1.807) is 0 Å². The number of ether oxygens (including phenoxy) is 1. The van der Waals surface area contributed by atoms with Crippen LogP contribution < -0.4 is 0 Å². The second kappa shape index (κ2) is 3.37. The second-order valence-corrected chi connectivity index (χ2v) is 4.18. The van der Waals surface area contributed by atoms with E-state index in [4.69, 9.17) is 4.74 Å². The zero-order valence-electron chi connectivity index (χ0n) is 9.12. The highest BCUT2D eigenvalue weighted by molar-refractivity contribution is 5.92. The van der Waals surface area contributed by atoms with Crippen molar-refractivity contribution in [2.75, 3.05) is 7.11 Å². The van der Waals surface area contributed by atoms with Crippen molar-refractivity contribution in [2.45, 2.75) is 18.8 Å². The summed E-state index contributed by atoms with van der Waals surface area (Å²) in [5, 5.41) is 1.16. The summed E-state index contributed by atoms with van der Waals surface area (Å²) < 4.78 is 4.86. The molecule has 3 heteroatoms. The zero-order valence-corrected chi connectivity index (χ0v) is 9.12. The number of methoxy groups -OCH3 is 1. The molecule has 0 bridgehead atoms. The van der Waals surface area contributed by atoms with Gasteiger partial charge < -0.3 is 9.72 Å². The standard InChI is InChI=1S/C13H13NO2/c1-16-13(15)9-6-7-11-12(9)8-4-2-3-5-10(8)14-11/h2-5,9,14H,6-7H2,1H3/t9-/m1/s1. The summed E-state index contributed by atoms with van der Waals surface area (Å²) >= 11 is 0. The maximum Gasteiger partial charge on any atom is 0.313 e. The van der Waals surface area contributed by atoms with E-state index in [9.17, 15) is 4.79 Å². The average molecular weight is 215 g/mol. The number of carbonyl (C=O) groups is 1. The molecule has 0 spiro atoms. The minimum atomic E-state index is -0.122. The third-order valence-electron chi connectivity index (χ3n) is 3.35. The number of hydrogen-bond donors (Lipinski definition) is 1. The Labute approximate surface area is 93.4 Å². The number of fused-ring (bicyclic) bond motifs is 3. The number of para-hydroxylation sites is 1. The van der Waals surface area contributed by atoms with Crippen molar-refractivity contribution in [1.82, 2.24) is 4.98 Å². The van der Waals surface area contributed by atoms with Crippen molar-refractivity contribution in [2.24, 2.45) is 0 Å². The first kappa shape index (κ1) is 9.46. The molecule has 3 rings (SSSR count). The van der Waals surface area contributed by atoms with Gasteiger partial charge in [0, 0.05) is 16.6 Å². The van der Waals surface area contributed by atoms with Gasteiger partial charge in [-0.2, -0.15) is 0 Å². The van der Waals surface area contributed by atoms with E-state index < -0.39 is 0 Å². The summed E-state index contributed by atoms with van der Waals surface area (Å²) in [6.07, 6.45) is 1.79. The number of nitrogens with one attached hydrogen (secondary N) is 1. The number of benzene rings is 1. The highest BCUT2D eigenvalue weighted by Gasteiger charge is 2.32. The first-order valence-electron chi connectivity index (χ1n) is 5.48. The third kappa shape index (κ3) is 1.18. The number of aromatic nitrogens is 1. The number of H-pyrrole nitrogens is 1. The van der Waals surface area contributed by atoms with E-state index in [0.29, 0.717) is 0 Å². The molecule has 0 unspecified atom stereocenters. The molecule has 1 heterocycles.